The molecular formula is C31H39FN8O3. The first-order chi connectivity index (χ1) is 20.7. The van der Waals surface area contributed by atoms with Crippen molar-refractivity contribution < 1.29 is 18.7 Å². The average molecular weight is 591 g/mol. The number of halogens is 1. The summed E-state index contributed by atoms with van der Waals surface area (Å²) in [5.74, 6) is -0.438. The molecule has 228 valence electrons. The molecule has 0 bridgehead atoms. The smallest absolute Gasteiger partial charge is 0.316 e. The van der Waals surface area contributed by atoms with Gasteiger partial charge in [0, 0.05) is 91.8 Å². The van der Waals surface area contributed by atoms with E-state index in [-0.39, 0.29) is 0 Å². The molecule has 3 aliphatic heterocycles. The van der Waals surface area contributed by atoms with E-state index in [1.165, 1.54) is 16.4 Å². The van der Waals surface area contributed by atoms with Crippen LogP contribution in [-0.2, 0) is 16.6 Å². The van der Waals surface area contributed by atoms with E-state index >= 15 is 0 Å². The number of rotatable bonds is 7. The summed E-state index contributed by atoms with van der Waals surface area (Å²) in [6.07, 6.45) is 4.13. The zero-order valence-electron chi connectivity index (χ0n) is 25.1. The lowest BCUT2D eigenvalue weighted by molar-refractivity contribution is -0.189. The Morgan fingerprint density at radius 2 is 1.95 bits per heavy atom. The van der Waals surface area contributed by atoms with Crippen LogP contribution >= 0.6 is 0 Å². The summed E-state index contributed by atoms with van der Waals surface area (Å²) in [5, 5.41) is 11.7. The second-order valence-corrected chi connectivity index (χ2v) is 12.2. The quantitative estimate of drug-likeness (QED) is 0.314. The molecule has 0 saturated carbocycles. The fourth-order valence-electron chi connectivity index (χ4n) is 6.36. The van der Waals surface area contributed by atoms with E-state index < -0.39 is 5.82 Å². The minimum atomic E-state index is -0.438. The van der Waals surface area contributed by atoms with Gasteiger partial charge in [-0.2, -0.15) is 10.1 Å². The molecule has 3 saturated heterocycles. The Bertz CT molecular complexity index is 1610. The van der Waals surface area contributed by atoms with E-state index in [9.17, 15) is 9.18 Å². The maximum Gasteiger partial charge on any atom is 0.316 e. The summed E-state index contributed by atoms with van der Waals surface area (Å²) >= 11 is 0. The number of likely N-dealkylation sites (tertiary alicyclic amines) is 1. The Hall–Kier alpha value is -3.87. The highest BCUT2D eigenvalue weighted by molar-refractivity contribution is 5.93. The summed E-state index contributed by atoms with van der Waals surface area (Å²) in [5.41, 5.74) is 4.54. The summed E-state index contributed by atoms with van der Waals surface area (Å²) < 4.78 is 26.1. The normalized spacial score (nSPS) is 21.2. The molecule has 2 unspecified atom stereocenters. The van der Waals surface area contributed by atoms with Crippen LogP contribution in [0, 0.1) is 18.2 Å². The first-order valence-corrected chi connectivity index (χ1v) is 14.8. The van der Waals surface area contributed by atoms with E-state index in [0.29, 0.717) is 53.1 Å². The fourth-order valence-corrected chi connectivity index (χ4v) is 6.36. The largest absolute Gasteiger partial charge is 0.462 e. The van der Waals surface area contributed by atoms with Gasteiger partial charge in [0.05, 0.1) is 18.7 Å². The van der Waals surface area contributed by atoms with Gasteiger partial charge >= 0.3 is 6.01 Å². The van der Waals surface area contributed by atoms with Crippen LogP contribution in [0.4, 0.5) is 15.8 Å². The third-order valence-corrected chi connectivity index (χ3v) is 8.28. The van der Waals surface area contributed by atoms with Crippen molar-refractivity contribution in [1.82, 2.24) is 30.0 Å². The third-order valence-electron chi connectivity index (χ3n) is 8.28. The van der Waals surface area contributed by atoms with Gasteiger partial charge < -0.3 is 25.0 Å². The molecule has 2 atom stereocenters. The van der Waals surface area contributed by atoms with Crippen molar-refractivity contribution in [3.8, 4) is 6.01 Å². The average Bonchev–Trinajstić information content (AvgIpc) is 3.30. The summed E-state index contributed by atoms with van der Waals surface area (Å²) in [6, 6.07) is 8.67. The topological polar surface area (TPSA) is 110 Å². The van der Waals surface area contributed by atoms with Gasteiger partial charge in [-0.3, -0.25) is 14.4 Å². The number of aromatic nitrogens is 4. The van der Waals surface area contributed by atoms with Crippen LogP contribution in [0.25, 0.3) is 21.8 Å². The second-order valence-electron chi connectivity index (χ2n) is 12.2. The molecule has 2 aromatic heterocycles. The highest BCUT2D eigenvalue weighted by Crippen LogP contribution is 2.37. The van der Waals surface area contributed by atoms with Crippen molar-refractivity contribution >= 4 is 39.6 Å². The van der Waals surface area contributed by atoms with Crippen molar-refractivity contribution in [2.24, 2.45) is 12.5 Å². The number of amides is 1. The van der Waals surface area contributed by atoms with Crippen molar-refractivity contribution in [2.45, 2.75) is 32.9 Å². The molecular weight excluding hydrogens is 551 g/mol. The Kier molecular flexibility index (Phi) is 8.17. The molecule has 11 nitrogen and oxygen atoms in total. The number of hydrogen-bond acceptors (Lipinski definition) is 9. The molecule has 2 aromatic carbocycles. The van der Waals surface area contributed by atoms with Crippen LogP contribution in [-0.4, -0.2) is 95.7 Å². The second kappa shape index (κ2) is 12.0. The number of benzene rings is 2. The maximum absolute atomic E-state index is 13.4. The number of carbonyl (C=O) groups is 1. The van der Waals surface area contributed by atoms with E-state index in [0.717, 1.165) is 62.4 Å². The first kappa shape index (κ1) is 29.2. The molecule has 7 rings (SSSR count). The predicted molar refractivity (Wildman–Crippen MR) is 164 cm³/mol. The zero-order valence-corrected chi connectivity index (χ0v) is 25.1. The Balaban J connectivity index is 0.000000197. The van der Waals surface area contributed by atoms with Gasteiger partial charge in [-0.15, -0.1) is 0 Å². The molecule has 0 aliphatic carbocycles. The van der Waals surface area contributed by atoms with E-state index in [1.807, 2.05) is 6.20 Å². The molecule has 2 N–H and O–H groups in total. The van der Waals surface area contributed by atoms with E-state index in [1.54, 1.807) is 19.3 Å². The van der Waals surface area contributed by atoms with E-state index in [4.69, 9.17) is 14.5 Å². The predicted octanol–water partition coefficient (Wildman–Crippen LogP) is 3.12. The minimum Gasteiger partial charge on any atom is -0.462 e. The monoisotopic (exact) mass is 590 g/mol. The lowest BCUT2D eigenvalue weighted by atomic mass is 9.78. The number of nitrogens with zero attached hydrogens (tertiary/aromatic N) is 6. The van der Waals surface area contributed by atoms with Crippen molar-refractivity contribution in [3.05, 3.63) is 48.0 Å². The van der Waals surface area contributed by atoms with Crippen molar-refractivity contribution in [3.63, 3.8) is 0 Å². The highest BCUT2D eigenvalue weighted by Gasteiger charge is 2.48. The third kappa shape index (κ3) is 6.27. The number of aryl methyl sites for hydroxylation is 2. The van der Waals surface area contributed by atoms with Crippen LogP contribution in [0.3, 0.4) is 0 Å². The van der Waals surface area contributed by atoms with Crippen LogP contribution in [0.15, 0.2) is 36.7 Å². The summed E-state index contributed by atoms with van der Waals surface area (Å²) in [6.45, 7) is 14.2. The first-order valence-electron chi connectivity index (χ1n) is 14.8. The zero-order chi connectivity index (χ0) is 30.1. The molecule has 1 spiro atoms. The number of piperazine rings is 1. The van der Waals surface area contributed by atoms with Gasteiger partial charge in [-0.05, 0) is 44.5 Å². The summed E-state index contributed by atoms with van der Waals surface area (Å²) in [7, 11) is 1.71. The number of hydrogen-bond donors (Lipinski definition) is 2. The Morgan fingerprint density at radius 1 is 1.19 bits per heavy atom. The molecule has 0 radical (unpaired) electrons. The number of anilines is 2. The molecule has 12 heteroatoms. The van der Waals surface area contributed by atoms with Gasteiger partial charge in [0.15, 0.2) is 5.82 Å². The van der Waals surface area contributed by atoms with Crippen molar-refractivity contribution in [2.75, 3.05) is 62.8 Å². The molecule has 4 aromatic rings. The minimum absolute atomic E-state index is 0.309. The Morgan fingerprint density at radius 3 is 2.65 bits per heavy atom. The maximum atomic E-state index is 13.4. The van der Waals surface area contributed by atoms with Gasteiger partial charge in [0.25, 0.3) is 0 Å². The number of carbonyl (C=O) groups excluding carboxylic acids is 1. The molecule has 1 amide bonds. The lowest BCUT2D eigenvalue weighted by Gasteiger charge is -2.55. The SMILES string of the molecule is Cc1ccc(N2CC(C)NC(C)C2)c2cnc(OCCN3CC4(COC4)C3)nc12.Cn1cc2cc(NC=O)cc(F)c2n1. The molecule has 3 aliphatic rings. The van der Waals surface area contributed by atoms with Crippen LogP contribution < -0.4 is 20.3 Å². The highest BCUT2D eigenvalue weighted by atomic mass is 19.1. The van der Waals surface area contributed by atoms with Crippen molar-refractivity contribution in [1.29, 1.82) is 0 Å². The number of nitrogens with one attached hydrogen (secondary N) is 2. The van der Waals surface area contributed by atoms with Gasteiger partial charge in [-0.25, -0.2) is 9.37 Å². The summed E-state index contributed by atoms with van der Waals surface area (Å²) in [4.78, 5) is 24.3. The van der Waals surface area contributed by atoms with E-state index in [2.05, 4.69) is 63.4 Å². The van der Waals surface area contributed by atoms with Gasteiger partial charge in [0.1, 0.15) is 12.1 Å². The molecule has 3 fully saturated rings. The van der Waals surface area contributed by atoms with Gasteiger partial charge in [0.2, 0.25) is 6.41 Å². The number of ether oxygens (including phenoxy) is 2. The van der Waals surface area contributed by atoms with Gasteiger partial charge in [-0.1, -0.05) is 6.07 Å². The van der Waals surface area contributed by atoms with Crippen LogP contribution in [0.1, 0.15) is 19.4 Å². The van der Waals surface area contributed by atoms with Crippen LogP contribution in [0.5, 0.6) is 6.01 Å². The molecule has 5 heterocycles. The Labute approximate surface area is 250 Å². The standard InChI is InChI=1S/C22H31N5O2.C9H8FN3O/c1-15-4-5-19(27-9-16(2)24-17(3)10-27)18-8-23-21(25-20(15)18)29-7-6-26-11-22(12-26)13-28-14-22;1-13-4-6-2-7(11-5-14)3-8(10)9(6)12-13/h4-5,8,16-17,24H,6-7,9-14H2,1-3H3;2-5H,1H3,(H,11,14). The van der Waals surface area contributed by atoms with Crippen LogP contribution in [0.2, 0.25) is 0 Å². The lowest BCUT2D eigenvalue weighted by Crippen LogP contribution is -2.66. The number of fused-ring (bicyclic) bond motifs is 2. The fraction of sp³-hybridized carbons (Fsp3) is 0.484. The molecule has 43 heavy (non-hydrogen) atoms.